The van der Waals surface area contributed by atoms with Gasteiger partial charge in [-0.15, -0.1) is 0 Å². The van der Waals surface area contributed by atoms with Crippen LogP contribution in [-0.4, -0.2) is 0 Å². The Bertz CT molecular complexity index is 2190. The number of anilines is 3. The minimum Gasteiger partial charge on any atom is -0.309 e. The van der Waals surface area contributed by atoms with Crippen molar-refractivity contribution in [2.24, 2.45) is 0 Å². The summed E-state index contributed by atoms with van der Waals surface area (Å²) in [5.41, 5.74) is 19.7. The molecule has 0 radical (unpaired) electrons. The Balaban J connectivity index is 1.54. The van der Waals surface area contributed by atoms with Crippen LogP contribution in [0.15, 0.2) is 97.1 Å². The van der Waals surface area contributed by atoms with Crippen molar-refractivity contribution in [2.45, 2.75) is 129 Å². The van der Waals surface area contributed by atoms with Gasteiger partial charge in [-0.05, 0) is 134 Å². The van der Waals surface area contributed by atoms with Crippen molar-refractivity contribution in [3.63, 3.8) is 0 Å². The molecule has 0 bridgehead atoms. The van der Waals surface area contributed by atoms with Crippen LogP contribution in [0.2, 0.25) is 0 Å². The normalized spacial score (nSPS) is 19.7. The van der Waals surface area contributed by atoms with Gasteiger partial charge < -0.3 is 4.90 Å². The number of rotatable bonds is 4. The van der Waals surface area contributed by atoms with E-state index in [9.17, 15) is 0 Å². The molecule has 0 aromatic heterocycles. The fraction of sp³-hybridized carbons (Fsp3) is 0.400. The Morgan fingerprint density at radius 3 is 1.67 bits per heavy atom. The lowest BCUT2D eigenvalue weighted by molar-refractivity contribution is 0.332. The third-order valence-electron chi connectivity index (χ3n) is 13.5. The molecular formula is C50H57N. The molecule has 262 valence electrons. The molecule has 0 saturated carbocycles. The number of fused-ring (bicyclic) bond motifs is 5. The highest BCUT2D eigenvalue weighted by atomic mass is 15.2. The summed E-state index contributed by atoms with van der Waals surface area (Å²) in [6, 6.07) is 37.6. The zero-order valence-corrected chi connectivity index (χ0v) is 33.0. The van der Waals surface area contributed by atoms with Gasteiger partial charge in [0, 0.05) is 16.7 Å². The van der Waals surface area contributed by atoms with E-state index >= 15 is 0 Å². The van der Waals surface area contributed by atoms with E-state index in [0.717, 1.165) is 0 Å². The zero-order chi connectivity index (χ0) is 36.3. The number of aryl methyl sites for hydroxylation is 1. The van der Waals surface area contributed by atoms with E-state index in [-0.39, 0.29) is 27.1 Å². The van der Waals surface area contributed by atoms with E-state index in [0.29, 0.717) is 0 Å². The Kier molecular flexibility index (Phi) is 7.47. The van der Waals surface area contributed by atoms with Crippen LogP contribution in [0.3, 0.4) is 0 Å². The fourth-order valence-electron chi connectivity index (χ4n) is 10.2. The second-order valence-electron chi connectivity index (χ2n) is 19.2. The number of nitrogens with zero attached hydrogens (tertiary/aromatic N) is 1. The molecule has 0 heterocycles. The topological polar surface area (TPSA) is 3.24 Å². The molecule has 0 amide bonds. The van der Waals surface area contributed by atoms with Gasteiger partial charge in [-0.25, -0.2) is 0 Å². The maximum Gasteiger partial charge on any atom is 0.0543 e. The highest BCUT2D eigenvalue weighted by Crippen LogP contribution is 2.58. The van der Waals surface area contributed by atoms with Crippen molar-refractivity contribution in [3.8, 4) is 22.3 Å². The first-order chi connectivity index (χ1) is 24.0. The molecule has 0 N–H and O–H groups in total. The highest BCUT2D eigenvalue weighted by molar-refractivity contribution is 5.97. The second kappa shape index (κ2) is 11.2. The predicted octanol–water partition coefficient (Wildman–Crippen LogP) is 14.1. The van der Waals surface area contributed by atoms with E-state index < -0.39 is 0 Å². The van der Waals surface area contributed by atoms with Gasteiger partial charge in [0.25, 0.3) is 0 Å². The van der Waals surface area contributed by atoms with Gasteiger partial charge in [0.05, 0.1) is 11.4 Å². The Morgan fingerprint density at radius 1 is 0.431 bits per heavy atom. The van der Waals surface area contributed by atoms with Gasteiger partial charge in [0.15, 0.2) is 0 Å². The average molecular weight is 672 g/mol. The summed E-state index contributed by atoms with van der Waals surface area (Å²) in [5, 5.41) is 0. The molecular weight excluding hydrogens is 615 g/mol. The quantitative estimate of drug-likeness (QED) is 0.184. The summed E-state index contributed by atoms with van der Waals surface area (Å²) >= 11 is 0. The van der Waals surface area contributed by atoms with Crippen LogP contribution in [0.1, 0.15) is 134 Å². The van der Waals surface area contributed by atoms with Crippen molar-refractivity contribution in [3.05, 3.63) is 136 Å². The van der Waals surface area contributed by atoms with Crippen molar-refractivity contribution >= 4 is 17.1 Å². The van der Waals surface area contributed by atoms with E-state index in [1.54, 1.807) is 0 Å². The molecule has 8 rings (SSSR count). The van der Waals surface area contributed by atoms with Crippen LogP contribution in [-0.2, 0) is 27.1 Å². The summed E-state index contributed by atoms with van der Waals surface area (Å²) in [4.78, 5) is 2.67. The lowest BCUT2D eigenvalue weighted by Gasteiger charge is -2.46. The van der Waals surface area contributed by atoms with Crippen LogP contribution < -0.4 is 4.90 Å². The molecule has 0 unspecified atom stereocenters. The summed E-state index contributed by atoms with van der Waals surface area (Å²) in [6.45, 7) is 26.9. The van der Waals surface area contributed by atoms with Crippen LogP contribution in [0.5, 0.6) is 0 Å². The monoisotopic (exact) mass is 671 g/mol. The minimum atomic E-state index is -0.120. The van der Waals surface area contributed by atoms with Gasteiger partial charge in [-0.3, -0.25) is 0 Å². The van der Waals surface area contributed by atoms with Gasteiger partial charge in [0.2, 0.25) is 0 Å². The molecule has 51 heavy (non-hydrogen) atoms. The smallest absolute Gasteiger partial charge is 0.0543 e. The van der Waals surface area contributed by atoms with E-state index in [2.05, 4.69) is 178 Å². The van der Waals surface area contributed by atoms with Crippen molar-refractivity contribution in [1.82, 2.24) is 0 Å². The summed E-state index contributed by atoms with van der Waals surface area (Å²) < 4.78 is 0. The Morgan fingerprint density at radius 2 is 0.980 bits per heavy atom. The summed E-state index contributed by atoms with van der Waals surface area (Å²) in [5.74, 6) is 0. The van der Waals surface area contributed by atoms with E-state index in [1.807, 2.05) is 0 Å². The number of benzene rings is 5. The van der Waals surface area contributed by atoms with Crippen LogP contribution in [0, 0.1) is 6.92 Å². The first-order valence-corrected chi connectivity index (χ1v) is 19.4. The third-order valence-corrected chi connectivity index (χ3v) is 13.5. The molecule has 1 heteroatoms. The fourth-order valence-corrected chi connectivity index (χ4v) is 10.2. The van der Waals surface area contributed by atoms with Gasteiger partial charge in [-0.1, -0.05) is 142 Å². The van der Waals surface area contributed by atoms with Crippen molar-refractivity contribution in [1.29, 1.82) is 0 Å². The molecule has 0 fully saturated rings. The molecule has 0 atom stereocenters. The van der Waals surface area contributed by atoms with Gasteiger partial charge in [0.1, 0.15) is 0 Å². The number of para-hydroxylation sites is 1. The first-order valence-electron chi connectivity index (χ1n) is 19.4. The maximum atomic E-state index is 2.67. The van der Waals surface area contributed by atoms with Crippen LogP contribution in [0.4, 0.5) is 17.1 Å². The summed E-state index contributed by atoms with van der Waals surface area (Å²) in [7, 11) is 0. The van der Waals surface area contributed by atoms with Gasteiger partial charge in [-0.2, -0.15) is 0 Å². The Labute approximate surface area is 308 Å². The number of hydrogen-bond donors (Lipinski definition) is 0. The van der Waals surface area contributed by atoms with Crippen molar-refractivity contribution < 1.29 is 0 Å². The molecule has 5 aromatic rings. The Hall–Kier alpha value is -4.10. The minimum absolute atomic E-state index is 0.0313. The third kappa shape index (κ3) is 5.08. The molecule has 0 spiro atoms. The standard InChI is InChI=1S/C50H57N/c1-32-24-25-40-44(49(8,9)29-27-47(40,4)5)45(32)51(33-18-13-12-14-19-33)42-31-41-36(34-20-15-16-22-38(34)50(41,10)11)30-37(42)35-21-17-23-39-43(35)48(6,7)28-26-46(39,2)3/h12-25,30-31H,26-29H2,1-11H3. The molecule has 1 nitrogen and oxygen atoms in total. The highest BCUT2D eigenvalue weighted by Gasteiger charge is 2.44. The van der Waals surface area contributed by atoms with E-state index in [1.165, 1.54) is 104 Å². The first kappa shape index (κ1) is 34.0. The molecule has 3 aliphatic rings. The van der Waals surface area contributed by atoms with Crippen molar-refractivity contribution in [2.75, 3.05) is 4.90 Å². The largest absolute Gasteiger partial charge is 0.309 e. The molecule has 0 saturated heterocycles. The maximum absolute atomic E-state index is 2.67. The van der Waals surface area contributed by atoms with Crippen LogP contribution in [0.25, 0.3) is 22.3 Å². The molecule has 0 aliphatic heterocycles. The molecule has 5 aromatic carbocycles. The second-order valence-corrected chi connectivity index (χ2v) is 19.2. The number of hydrogen-bond acceptors (Lipinski definition) is 1. The SMILES string of the molecule is Cc1ccc2c(c1N(c1ccccc1)c1cc3c(cc1-c1cccc4c1C(C)(C)CCC4(C)C)-c1ccccc1C3(C)C)C(C)(C)CCC2(C)C. The lowest BCUT2D eigenvalue weighted by Crippen LogP contribution is -2.36. The lowest BCUT2D eigenvalue weighted by atomic mass is 9.61. The van der Waals surface area contributed by atoms with Gasteiger partial charge >= 0.3 is 0 Å². The summed E-state index contributed by atoms with van der Waals surface area (Å²) in [6.07, 6.45) is 4.74. The average Bonchev–Trinajstić information content (AvgIpc) is 3.31. The zero-order valence-electron chi connectivity index (χ0n) is 33.0. The van der Waals surface area contributed by atoms with E-state index in [4.69, 9.17) is 0 Å². The predicted molar refractivity (Wildman–Crippen MR) is 219 cm³/mol. The molecule has 3 aliphatic carbocycles. The van der Waals surface area contributed by atoms with Crippen LogP contribution >= 0.6 is 0 Å².